The topological polar surface area (TPSA) is 81.4 Å². The summed E-state index contributed by atoms with van der Waals surface area (Å²) in [5, 5.41) is 2.96. The molecule has 2 rings (SSSR count). The van der Waals surface area contributed by atoms with E-state index >= 15 is 0 Å². The number of nitrogens with one attached hydrogen (secondary N) is 1. The number of carbonyl (C=O) groups is 2. The van der Waals surface area contributed by atoms with Crippen LogP contribution in [0.4, 0.5) is 0 Å². The van der Waals surface area contributed by atoms with Gasteiger partial charge in [-0.05, 0) is 25.7 Å². The molecular weight excluding hydrogens is 220 g/mol. The maximum atomic E-state index is 12.0. The minimum absolute atomic E-state index is 0.0165. The summed E-state index contributed by atoms with van der Waals surface area (Å²) in [5.74, 6) is -0.531. The fourth-order valence-corrected chi connectivity index (χ4v) is 2.72. The molecule has 0 aromatic heterocycles. The van der Waals surface area contributed by atoms with Crippen LogP contribution in [0.1, 0.15) is 32.1 Å². The molecule has 3 atom stereocenters. The smallest absolute Gasteiger partial charge is 0.225 e. The predicted octanol–water partition coefficient (Wildman–Crippen LogP) is 0.183. The first-order chi connectivity index (χ1) is 8.18. The average molecular weight is 240 g/mol. The zero-order chi connectivity index (χ0) is 12.3. The number of rotatable bonds is 3. The van der Waals surface area contributed by atoms with E-state index in [2.05, 4.69) is 5.32 Å². The van der Waals surface area contributed by atoms with Gasteiger partial charge in [-0.2, -0.15) is 0 Å². The van der Waals surface area contributed by atoms with Gasteiger partial charge < -0.3 is 15.8 Å². The molecule has 0 unspecified atom stereocenters. The molecule has 0 radical (unpaired) electrons. The Morgan fingerprint density at radius 3 is 2.65 bits per heavy atom. The molecule has 2 amide bonds. The van der Waals surface area contributed by atoms with Crippen molar-refractivity contribution in [2.24, 2.45) is 17.6 Å². The standard InChI is InChI=1S/C12H20N2O3/c13-11(15)9-4-1-5-10(9)14-12(16)8-3-2-6-17-7-8/h8-10H,1-7H2,(H2,13,15)(H,14,16)/t8-,9+,10+/m0/s1. The Balaban J connectivity index is 1.86. The van der Waals surface area contributed by atoms with Crippen LogP contribution in [0.25, 0.3) is 0 Å². The predicted molar refractivity (Wildman–Crippen MR) is 62.0 cm³/mol. The molecule has 1 saturated carbocycles. The highest BCUT2D eigenvalue weighted by Gasteiger charge is 2.34. The molecule has 0 bridgehead atoms. The van der Waals surface area contributed by atoms with Crippen LogP contribution in [0.3, 0.4) is 0 Å². The Bertz CT molecular complexity index is 300. The lowest BCUT2D eigenvalue weighted by Crippen LogP contribution is -2.46. The SMILES string of the molecule is NC(=O)[C@@H]1CCC[C@H]1NC(=O)[C@H]1CCCOC1. The van der Waals surface area contributed by atoms with Crippen molar-refractivity contribution in [3.05, 3.63) is 0 Å². The van der Waals surface area contributed by atoms with Crippen molar-refractivity contribution in [1.29, 1.82) is 0 Å². The first kappa shape index (κ1) is 12.4. The van der Waals surface area contributed by atoms with Crippen LogP contribution in [-0.2, 0) is 14.3 Å². The van der Waals surface area contributed by atoms with Gasteiger partial charge in [0.1, 0.15) is 0 Å². The van der Waals surface area contributed by atoms with Crippen molar-refractivity contribution >= 4 is 11.8 Å². The molecule has 0 aromatic carbocycles. The van der Waals surface area contributed by atoms with E-state index in [0.29, 0.717) is 6.61 Å². The van der Waals surface area contributed by atoms with Gasteiger partial charge in [0.15, 0.2) is 0 Å². The molecule has 1 aliphatic carbocycles. The van der Waals surface area contributed by atoms with Gasteiger partial charge in [0.2, 0.25) is 11.8 Å². The zero-order valence-corrected chi connectivity index (χ0v) is 9.98. The highest BCUT2D eigenvalue weighted by atomic mass is 16.5. The molecule has 0 aromatic rings. The number of nitrogens with two attached hydrogens (primary N) is 1. The van der Waals surface area contributed by atoms with Crippen LogP contribution in [0, 0.1) is 11.8 Å². The molecule has 0 spiro atoms. The Kier molecular flexibility index (Phi) is 3.99. The number of ether oxygens (including phenoxy) is 1. The summed E-state index contributed by atoms with van der Waals surface area (Å²) in [6.45, 7) is 1.25. The van der Waals surface area contributed by atoms with E-state index < -0.39 is 0 Å². The number of primary amides is 1. The molecule has 17 heavy (non-hydrogen) atoms. The second-order valence-corrected chi connectivity index (χ2v) is 4.97. The summed E-state index contributed by atoms with van der Waals surface area (Å²) in [7, 11) is 0. The molecule has 2 aliphatic rings. The molecule has 1 saturated heterocycles. The normalized spacial score (nSPS) is 33.3. The highest BCUT2D eigenvalue weighted by Crippen LogP contribution is 2.26. The third-order valence-electron chi connectivity index (χ3n) is 3.74. The highest BCUT2D eigenvalue weighted by molar-refractivity contribution is 5.82. The molecule has 96 valence electrons. The van der Waals surface area contributed by atoms with Crippen molar-refractivity contribution < 1.29 is 14.3 Å². The first-order valence-corrected chi connectivity index (χ1v) is 6.36. The number of hydrogen-bond donors (Lipinski definition) is 2. The van der Waals surface area contributed by atoms with Crippen LogP contribution < -0.4 is 11.1 Å². The van der Waals surface area contributed by atoms with Crippen molar-refractivity contribution in [3.8, 4) is 0 Å². The minimum Gasteiger partial charge on any atom is -0.381 e. The Morgan fingerprint density at radius 2 is 2.00 bits per heavy atom. The second-order valence-electron chi connectivity index (χ2n) is 4.97. The molecule has 5 nitrogen and oxygen atoms in total. The van der Waals surface area contributed by atoms with Crippen LogP contribution in [0.15, 0.2) is 0 Å². The summed E-state index contributed by atoms with van der Waals surface area (Å²) < 4.78 is 5.29. The van der Waals surface area contributed by atoms with Gasteiger partial charge in [0.05, 0.1) is 18.4 Å². The Labute approximate surface area is 101 Å². The lowest BCUT2D eigenvalue weighted by atomic mass is 9.98. The quantitative estimate of drug-likeness (QED) is 0.738. The average Bonchev–Trinajstić information content (AvgIpc) is 2.78. The summed E-state index contributed by atoms with van der Waals surface area (Å²) in [4.78, 5) is 23.2. The molecule has 3 N–H and O–H groups in total. The van der Waals surface area contributed by atoms with E-state index in [9.17, 15) is 9.59 Å². The third-order valence-corrected chi connectivity index (χ3v) is 3.74. The fourth-order valence-electron chi connectivity index (χ4n) is 2.72. The lowest BCUT2D eigenvalue weighted by molar-refractivity contribution is -0.130. The molecule has 5 heteroatoms. The van der Waals surface area contributed by atoms with E-state index in [1.165, 1.54) is 0 Å². The largest absolute Gasteiger partial charge is 0.381 e. The summed E-state index contributed by atoms with van der Waals surface area (Å²) >= 11 is 0. The van der Waals surface area contributed by atoms with Gasteiger partial charge >= 0.3 is 0 Å². The second kappa shape index (κ2) is 5.49. The van der Waals surface area contributed by atoms with Crippen LogP contribution >= 0.6 is 0 Å². The maximum Gasteiger partial charge on any atom is 0.225 e. The maximum absolute atomic E-state index is 12.0. The molecular formula is C12H20N2O3. The lowest BCUT2D eigenvalue weighted by Gasteiger charge is -2.25. The van der Waals surface area contributed by atoms with Crippen molar-refractivity contribution in [2.45, 2.75) is 38.1 Å². The van der Waals surface area contributed by atoms with E-state index in [4.69, 9.17) is 10.5 Å². The zero-order valence-electron chi connectivity index (χ0n) is 9.98. The van der Waals surface area contributed by atoms with Crippen LogP contribution in [0.2, 0.25) is 0 Å². The van der Waals surface area contributed by atoms with Gasteiger partial charge in [0.25, 0.3) is 0 Å². The monoisotopic (exact) mass is 240 g/mol. The number of hydrogen-bond acceptors (Lipinski definition) is 3. The molecule has 2 fully saturated rings. The Hall–Kier alpha value is -1.10. The fraction of sp³-hybridized carbons (Fsp3) is 0.833. The van der Waals surface area contributed by atoms with Crippen molar-refractivity contribution in [1.82, 2.24) is 5.32 Å². The molecule has 1 heterocycles. The van der Waals surface area contributed by atoms with Crippen LogP contribution in [-0.4, -0.2) is 31.1 Å². The van der Waals surface area contributed by atoms with Crippen LogP contribution in [0.5, 0.6) is 0 Å². The van der Waals surface area contributed by atoms with E-state index in [1.54, 1.807) is 0 Å². The van der Waals surface area contributed by atoms with Gasteiger partial charge in [-0.25, -0.2) is 0 Å². The van der Waals surface area contributed by atoms with Gasteiger partial charge in [-0.3, -0.25) is 9.59 Å². The summed E-state index contributed by atoms with van der Waals surface area (Å²) in [5.41, 5.74) is 5.33. The third kappa shape index (κ3) is 2.97. The minimum atomic E-state index is -0.298. The summed E-state index contributed by atoms with van der Waals surface area (Å²) in [6, 6.07) is -0.0677. The van der Waals surface area contributed by atoms with Gasteiger partial charge in [0, 0.05) is 12.6 Å². The number of amides is 2. The van der Waals surface area contributed by atoms with Crippen molar-refractivity contribution in [2.75, 3.05) is 13.2 Å². The Morgan fingerprint density at radius 1 is 1.18 bits per heavy atom. The van der Waals surface area contributed by atoms with Gasteiger partial charge in [-0.15, -0.1) is 0 Å². The van der Waals surface area contributed by atoms with Gasteiger partial charge in [-0.1, -0.05) is 6.42 Å². The molecule has 1 aliphatic heterocycles. The van der Waals surface area contributed by atoms with Crippen molar-refractivity contribution in [3.63, 3.8) is 0 Å². The summed E-state index contributed by atoms with van der Waals surface area (Å²) in [6.07, 6.45) is 4.41. The first-order valence-electron chi connectivity index (χ1n) is 6.36. The number of carbonyl (C=O) groups excluding carboxylic acids is 2. The van der Waals surface area contributed by atoms with E-state index in [0.717, 1.165) is 38.7 Å². The van der Waals surface area contributed by atoms with E-state index in [-0.39, 0.29) is 29.7 Å². The van der Waals surface area contributed by atoms with E-state index in [1.807, 2.05) is 0 Å².